The molecule has 3 rings (SSSR count). The molecule has 2 aromatic rings. The van der Waals surface area contributed by atoms with Crippen molar-refractivity contribution in [2.75, 3.05) is 6.54 Å². The summed E-state index contributed by atoms with van der Waals surface area (Å²) in [6, 6.07) is -4.15. The minimum absolute atomic E-state index is 0.144. The fraction of sp³-hybridized carbons (Fsp3) is 0.429. The van der Waals surface area contributed by atoms with Gasteiger partial charge in [0.25, 0.3) is 15.9 Å². The van der Waals surface area contributed by atoms with E-state index in [2.05, 4.69) is 20.6 Å². The van der Waals surface area contributed by atoms with Crippen LogP contribution in [0.1, 0.15) is 63.4 Å². The molecule has 31 heavy (non-hydrogen) atoms. The Labute approximate surface area is 192 Å². The van der Waals surface area contributed by atoms with Gasteiger partial charge >= 0.3 is 6.03 Å². The van der Waals surface area contributed by atoms with E-state index in [1.165, 1.54) is 0 Å². The first kappa shape index (κ1) is 14.9. The predicted octanol–water partition coefficient (Wildman–Crippen LogP) is 2.08. The largest absolute Gasteiger partial charge is 0.350 e. The third-order valence-electron chi connectivity index (χ3n) is 4.64. The molecule has 166 valence electrons. The molecule has 1 aliphatic rings. The van der Waals surface area contributed by atoms with Gasteiger partial charge in [0.05, 0.1) is 22.3 Å². The molecule has 0 aliphatic heterocycles. The van der Waals surface area contributed by atoms with Crippen LogP contribution < -0.4 is 15.4 Å². The SMILES string of the molecule is [2H]c1c([2H])c(S(=O)(=O)NC(=O)NC2CCCCC2)c([2H])c([2H])c1CCNC(=O)c1cnc(C([2H])([2H])[2H])cn1. The summed E-state index contributed by atoms with van der Waals surface area (Å²) in [6.45, 7) is -2.64. The van der Waals surface area contributed by atoms with Gasteiger partial charge in [-0.15, -0.1) is 0 Å². The van der Waals surface area contributed by atoms with Crippen molar-refractivity contribution in [3.8, 4) is 0 Å². The molecule has 9 nitrogen and oxygen atoms in total. The van der Waals surface area contributed by atoms with E-state index >= 15 is 0 Å². The van der Waals surface area contributed by atoms with E-state index in [0.717, 1.165) is 31.7 Å². The van der Waals surface area contributed by atoms with Crippen LogP contribution in [-0.2, 0) is 16.4 Å². The molecule has 10 heteroatoms. The number of hydrogen-bond donors (Lipinski definition) is 3. The van der Waals surface area contributed by atoms with Crippen LogP contribution in [0.5, 0.6) is 0 Å². The molecule has 1 aromatic heterocycles. The highest BCUT2D eigenvalue weighted by molar-refractivity contribution is 7.90. The van der Waals surface area contributed by atoms with Gasteiger partial charge in [-0.1, -0.05) is 31.3 Å². The van der Waals surface area contributed by atoms with Gasteiger partial charge in [0.1, 0.15) is 5.69 Å². The highest BCUT2D eigenvalue weighted by Crippen LogP contribution is 2.17. The molecule has 1 aliphatic carbocycles. The summed E-state index contributed by atoms with van der Waals surface area (Å²) in [6.07, 6.45) is 6.02. The van der Waals surface area contributed by atoms with Crippen molar-refractivity contribution in [3.05, 3.63) is 53.5 Å². The highest BCUT2D eigenvalue weighted by atomic mass is 32.2. The third kappa shape index (κ3) is 6.74. The van der Waals surface area contributed by atoms with Crippen molar-refractivity contribution in [1.82, 2.24) is 25.3 Å². The maximum absolute atomic E-state index is 12.8. The Bertz CT molecular complexity index is 1290. The summed E-state index contributed by atoms with van der Waals surface area (Å²) < 4.78 is 81.9. The number of sulfonamides is 1. The van der Waals surface area contributed by atoms with Crippen LogP contribution in [0.15, 0.2) is 41.5 Å². The van der Waals surface area contributed by atoms with E-state index in [4.69, 9.17) is 9.60 Å². The van der Waals surface area contributed by atoms with Gasteiger partial charge in [-0.3, -0.25) is 9.78 Å². The lowest BCUT2D eigenvalue weighted by Crippen LogP contribution is -2.45. The van der Waals surface area contributed by atoms with Crippen molar-refractivity contribution in [2.24, 2.45) is 0 Å². The van der Waals surface area contributed by atoms with Crippen molar-refractivity contribution < 1.29 is 27.6 Å². The second-order valence-electron chi connectivity index (χ2n) is 7.01. The Balaban J connectivity index is 1.70. The summed E-state index contributed by atoms with van der Waals surface area (Å²) in [4.78, 5) is 31.0. The van der Waals surface area contributed by atoms with Crippen LogP contribution >= 0.6 is 0 Å². The Morgan fingerprint density at radius 3 is 2.52 bits per heavy atom. The van der Waals surface area contributed by atoms with Crippen LogP contribution in [0.2, 0.25) is 0 Å². The van der Waals surface area contributed by atoms with E-state index in [1.54, 1.807) is 4.72 Å². The molecular weight excluding hydrogens is 418 g/mol. The Kier molecular flexibility index (Phi) is 4.97. The zero-order chi connectivity index (χ0) is 28.3. The molecule has 3 amide bonds. The molecule has 0 saturated heterocycles. The highest BCUT2D eigenvalue weighted by Gasteiger charge is 2.21. The Morgan fingerprint density at radius 2 is 1.87 bits per heavy atom. The number of aromatic nitrogens is 2. The van der Waals surface area contributed by atoms with Crippen molar-refractivity contribution in [2.45, 2.75) is 56.3 Å². The first-order chi connectivity index (χ1) is 17.7. The first-order valence-corrected chi connectivity index (χ1v) is 11.2. The third-order valence-corrected chi connectivity index (χ3v) is 5.83. The zero-order valence-corrected chi connectivity index (χ0v) is 17.4. The molecule has 3 N–H and O–H groups in total. The number of rotatable bonds is 7. The normalized spacial score (nSPS) is 18.3. The standard InChI is InChI=1S/C21H27N5O4S/c1-15-13-24-19(14-23-15)20(27)22-12-11-16-7-9-18(10-8-16)31(29,30)26-21(28)25-17-5-3-2-4-6-17/h7-10,13-14,17H,2-6,11-12H2,1H3,(H,22,27)(H2,25,26,28)/i1D3,7D,8D,9D,10D. The van der Waals surface area contributed by atoms with Crippen molar-refractivity contribution in [3.63, 3.8) is 0 Å². The monoisotopic (exact) mass is 452 g/mol. The lowest BCUT2D eigenvalue weighted by Gasteiger charge is -2.22. The average molecular weight is 453 g/mol. The number of benzene rings is 1. The molecule has 1 heterocycles. The van der Waals surface area contributed by atoms with Gasteiger partial charge in [-0.05, 0) is 43.8 Å². The van der Waals surface area contributed by atoms with Crippen LogP contribution in [0.25, 0.3) is 0 Å². The molecule has 1 saturated carbocycles. The quantitative estimate of drug-likeness (QED) is 0.590. The van der Waals surface area contributed by atoms with Crippen LogP contribution in [0, 0.1) is 6.85 Å². The summed E-state index contributed by atoms with van der Waals surface area (Å²) in [5.41, 5.74) is -0.597. The number of nitrogens with one attached hydrogen (secondary N) is 3. The van der Waals surface area contributed by atoms with E-state index in [9.17, 15) is 18.0 Å². The Morgan fingerprint density at radius 1 is 1.13 bits per heavy atom. The predicted molar refractivity (Wildman–Crippen MR) is 115 cm³/mol. The average Bonchev–Trinajstić information content (AvgIpc) is 2.84. The van der Waals surface area contributed by atoms with E-state index in [0.29, 0.717) is 12.8 Å². The van der Waals surface area contributed by atoms with Gasteiger partial charge in [0.15, 0.2) is 0 Å². The fourth-order valence-electron chi connectivity index (χ4n) is 3.06. The first-order valence-electron chi connectivity index (χ1n) is 13.3. The molecule has 1 fully saturated rings. The summed E-state index contributed by atoms with van der Waals surface area (Å²) >= 11 is 0. The number of nitrogens with zero attached hydrogens (tertiary/aromatic N) is 2. The second kappa shape index (κ2) is 10.3. The topological polar surface area (TPSA) is 130 Å². The van der Waals surface area contributed by atoms with E-state index < -0.39 is 57.9 Å². The number of hydrogen-bond acceptors (Lipinski definition) is 6. The van der Waals surface area contributed by atoms with E-state index in [1.807, 2.05) is 0 Å². The molecule has 0 unspecified atom stereocenters. The van der Waals surface area contributed by atoms with Crippen LogP contribution in [0.3, 0.4) is 0 Å². The van der Waals surface area contributed by atoms with Crippen molar-refractivity contribution in [1.29, 1.82) is 0 Å². The number of aryl methyl sites for hydroxylation is 1. The number of carbonyl (C=O) groups is 2. The molecule has 1 aromatic carbocycles. The van der Waals surface area contributed by atoms with Gasteiger partial charge < -0.3 is 10.6 Å². The zero-order valence-electron chi connectivity index (χ0n) is 23.6. The minimum Gasteiger partial charge on any atom is -0.350 e. The molecular formula is C21H27N5O4S. The molecule has 0 bridgehead atoms. The summed E-state index contributed by atoms with van der Waals surface area (Å²) in [5.74, 6) is -0.711. The van der Waals surface area contributed by atoms with Crippen molar-refractivity contribution >= 4 is 22.0 Å². The van der Waals surface area contributed by atoms with Gasteiger partial charge in [-0.2, -0.15) is 0 Å². The number of carbonyl (C=O) groups excluding carboxylic acids is 2. The molecule has 0 radical (unpaired) electrons. The smallest absolute Gasteiger partial charge is 0.328 e. The summed E-state index contributed by atoms with van der Waals surface area (Å²) in [5, 5.41) is 5.02. The summed E-state index contributed by atoms with van der Waals surface area (Å²) in [7, 11) is -4.72. The second-order valence-corrected chi connectivity index (χ2v) is 8.63. The number of amides is 3. The molecule has 0 atom stereocenters. The molecule has 0 spiro atoms. The number of urea groups is 1. The lowest BCUT2D eigenvalue weighted by molar-refractivity contribution is 0.0948. The van der Waals surface area contributed by atoms with Crippen LogP contribution in [-0.4, -0.2) is 42.9 Å². The fourth-order valence-corrected chi connectivity index (χ4v) is 3.83. The maximum atomic E-state index is 12.8. The van der Waals surface area contributed by atoms with Gasteiger partial charge in [-0.25, -0.2) is 22.9 Å². The minimum atomic E-state index is -4.72. The van der Waals surface area contributed by atoms with E-state index in [-0.39, 0.29) is 36.0 Å². The van der Waals surface area contributed by atoms with Crippen LogP contribution in [0.4, 0.5) is 4.79 Å². The maximum Gasteiger partial charge on any atom is 0.328 e. The van der Waals surface area contributed by atoms with Gasteiger partial charge in [0, 0.05) is 22.9 Å². The van der Waals surface area contributed by atoms with Gasteiger partial charge in [0.2, 0.25) is 0 Å². The lowest BCUT2D eigenvalue weighted by atomic mass is 9.96. The Hall–Kier alpha value is -3.01.